The SMILES string of the molecule is CC(=O)c1cc(Br)ccc1O.CC(C)(C)[S@@](N)=O.CCOC(=O)N1CCC(=O)CC1.CCOC(=O)N1CCC2(CC1)CC(=O)c1cc(Br)ccc1O2.CCOC(=O)N1CCC2(CC1)C[C@H](N)c1cc(Br)ccc1O2.CCOC(=O)N1CCC2(CC1)C[C@H](NC(=O)c1cccc3cc[nH]c13)c1cc(Br)ccc1O2.CCOC(=O)N1CCC2(CC1)C[C@H](N[S@@](=O)C(C)(C)C)c1cc(Br)ccc1O2.Cl.O=C(O)c1cccc2cc[nH]c12. The molecule has 0 radical (unpaired) electrons. The van der Waals surface area contributed by atoms with Crippen LogP contribution in [-0.4, -0.2) is 243 Å². The quantitative estimate of drug-likeness (QED) is 0.0440. The van der Waals surface area contributed by atoms with Crippen LogP contribution < -0.4 is 39.9 Å². The number of hydrogen-bond acceptors (Lipinski definition) is 23. The van der Waals surface area contributed by atoms with E-state index in [1.807, 2.05) is 172 Å². The fourth-order valence-electron chi connectivity index (χ4n) is 18.1. The molecule has 9 aromatic rings. The third kappa shape index (κ3) is 32.4. The van der Waals surface area contributed by atoms with Crippen LogP contribution in [0.2, 0.25) is 0 Å². The van der Waals surface area contributed by atoms with Crippen LogP contribution in [0.5, 0.6) is 28.7 Å². The lowest BCUT2D eigenvalue weighted by atomic mass is 9.80. The summed E-state index contributed by atoms with van der Waals surface area (Å²) in [6, 6.07) is 42.5. The summed E-state index contributed by atoms with van der Waals surface area (Å²) in [5.41, 5.74) is 11.2. The maximum atomic E-state index is 13.4. The van der Waals surface area contributed by atoms with Crippen molar-refractivity contribution in [1.29, 1.82) is 0 Å². The number of ether oxygens (including phenoxy) is 9. The van der Waals surface area contributed by atoms with Crippen molar-refractivity contribution in [2.75, 3.05) is 98.5 Å². The maximum absolute atomic E-state index is 13.4. The molecule has 5 atom stereocenters. The number of phenolic OH excluding ortho intramolecular Hbond substituents is 1. The minimum atomic E-state index is -1.19. The van der Waals surface area contributed by atoms with Crippen molar-refractivity contribution in [3.63, 3.8) is 0 Å². The molecule has 10 N–H and O–H groups in total. The molecule has 9 aliphatic heterocycles. The van der Waals surface area contributed by atoms with Crippen molar-refractivity contribution in [3.8, 4) is 28.7 Å². The summed E-state index contributed by atoms with van der Waals surface area (Å²) in [5.74, 6) is 2.31. The lowest BCUT2D eigenvalue weighted by molar-refractivity contribution is -0.121. The van der Waals surface area contributed by atoms with Gasteiger partial charge in [-0.3, -0.25) is 24.3 Å². The van der Waals surface area contributed by atoms with Gasteiger partial charge in [-0.1, -0.05) is 104 Å². The fourth-order valence-corrected chi connectivity index (χ4v) is 20.8. The second kappa shape index (κ2) is 54.2. The first-order chi connectivity index (χ1) is 69.7. The number of carboxylic acids is 1. The smallest absolute Gasteiger partial charge is 0.409 e. The average Bonchev–Trinajstić information content (AvgIpc) is 0.858. The number of ketones is 3. The molecule has 804 valence electrons. The number of aromatic nitrogens is 2. The van der Waals surface area contributed by atoms with E-state index in [0.29, 0.717) is 183 Å². The zero-order chi connectivity index (χ0) is 107. The van der Waals surface area contributed by atoms with Crippen LogP contribution in [0, 0.1) is 0 Å². The summed E-state index contributed by atoms with van der Waals surface area (Å²) >= 11 is 17.1. The number of aromatic hydroxyl groups is 1. The molecule has 0 saturated carbocycles. The van der Waals surface area contributed by atoms with Gasteiger partial charge in [0.1, 0.15) is 56.9 Å². The molecule has 5 fully saturated rings. The average molecular weight is 2430 g/mol. The number of fused-ring (bicyclic) bond motifs is 6. The molecule has 11 heterocycles. The second-order valence-electron chi connectivity index (χ2n) is 38.6. The van der Waals surface area contributed by atoms with Gasteiger partial charge in [-0.2, -0.15) is 0 Å². The highest BCUT2D eigenvalue weighted by Gasteiger charge is 2.50. The predicted octanol–water partition coefficient (Wildman–Crippen LogP) is 22.0. The molecule has 4 spiro atoms. The standard InChI is InChI=1S/C25H26BrN3O4.C20H29BrN2O4S.C16H21BrN2O3.C16H18BrNO4.C9H7NO2.C8H7BrO2.C8H13NO3.C4H11NOS.ClH/c1-2-32-24(31)29-12-9-25(10-13-29)15-20(19-14-17(26)6-7-21(19)33-25)28-23(30)18-5-3-4-16-8-11-27-22(16)18;1-5-26-18(24)23-10-8-20(9-11-23)13-16(22-28(25)19(2,3)4)15-12-14(21)6-7-17(15)27-20;1-2-21-15(20)19-7-5-16(6-8-19)10-13(18)12-9-11(17)3-4-14(12)22-16;1-2-21-15(20)18-7-5-16(6-8-18)10-13(19)12-9-11(17)3-4-14(12)22-16;11-9(12)7-3-1-2-6-4-5-10-8(6)7;1-5(10)7-4-6(9)2-3-8(7)11;1-2-12-8(11)9-5-3-7(10)4-6-9;1-4(2,3)7(5)6;/h3-8,11,14,20,27H,2,9-10,12-13,15H2,1H3,(H,28,30);6-7,12,16,22H,5,8-11,13H2,1-4H3;3-4,9,13H,2,5-8,10,18H2,1H3;3-4,9H,2,5-8,10H2,1H3;1-5,10H,(H,11,12);2-4,11H,1H3;2-6H2,1H3;5H2,1-3H3;1H/t20-;16-,28-;13-;;;;;7-;/m000....0./s1. The highest BCUT2D eigenvalue weighted by atomic mass is 79.9. The number of rotatable bonds is 11. The minimum Gasteiger partial charge on any atom is -0.507 e. The van der Waals surface area contributed by atoms with E-state index in [9.17, 15) is 56.4 Å². The van der Waals surface area contributed by atoms with Crippen LogP contribution in [0.15, 0.2) is 174 Å². The Morgan fingerprint density at radius 1 is 0.453 bits per heavy atom. The summed E-state index contributed by atoms with van der Waals surface area (Å²) in [7, 11) is -2.38. The van der Waals surface area contributed by atoms with Gasteiger partial charge >= 0.3 is 36.4 Å². The number of aromatic carboxylic acids is 1. The van der Waals surface area contributed by atoms with E-state index in [1.165, 1.54) is 13.0 Å². The highest BCUT2D eigenvalue weighted by molar-refractivity contribution is 9.11. The third-order valence-electron chi connectivity index (χ3n) is 26.2. The number of hydrogen-bond donors (Lipinski definition) is 8. The van der Waals surface area contributed by atoms with Crippen LogP contribution in [0.1, 0.15) is 249 Å². The number of Topliss-reactive ketones (excluding diaryl/α,β-unsaturated/α-hetero) is 3. The van der Waals surface area contributed by atoms with E-state index >= 15 is 0 Å². The molecule has 148 heavy (non-hydrogen) atoms. The molecule has 34 nitrogen and oxygen atoms in total. The van der Waals surface area contributed by atoms with Crippen LogP contribution in [0.4, 0.5) is 24.0 Å². The molecular formula is C106H133Br5ClN11O23S2. The van der Waals surface area contributed by atoms with E-state index in [2.05, 4.69) is 99.7 Å². The Kier molecular flexibility index (Phi) is 43.8. The Bertz CT molecular complexity index is 6200. The molecule has 6 amide bonds. The number of phenols is 1. The second-order valence-corrected chi connectivity index (χ2v) is 47.0. The number of H-pyrrole nitrogens is 2. The number of carbonyl (C=O) groups excluding carboxylic acids is 9. The molecule has 2 aromatic heterocycles. The number of carbonyl (C=O) groups is 10. The van der Waals surface area contributed by atoms with E-state index in [0.717, 1.165) is 111 Å². The third-order valence-corrected chi connectivity index (χ3v) is 31.5. The van der Waals surface area contributed by atoms with Gasteiger partial charge in [0.25, 0.3) is 5.91 Å². The Morgan fingerprint density at radius 3 is 1.20 bits per heavy atom. The number of piperidine rings is 5. The molecule has 0 unspecified atom stereocenters. The number of para-hydroxylation sites is 2. The van der Waals surface area contributed by atoms with Crippen molar-refractivity contribution in [2.45, 2.75) is 223 Å². The Labute approximate surface area is 916 Å². The van der Waals surface area contributed by atoms with Crippen molar-refractivity contribution >= 4 is 196 Å². The number of nitrogens with zero attached hydrogens (tertiary/aromatic N) is 5. The monoisotopic (exact) mass is 2420 g/mol. The first kappa shape index (κ1) is 120. The Morgan fingerprint density at radius 2 is 0.797 bits per heavy atom. The van der Waals surface area contributed by atoms with Crippen LogP contribution in [0.3, 0.4) is 0 Å². The summed E-state index contributed by atoms with van der Waals surface area (Å²) < 4.78 is 81.0. The molecule has 0 bridgehead atoms. The predicted molar refractivity (Wildman–Crippen MR) is 587 cm³/mol. The molecule has 42 heteroatoms. The molecule has 0 aliphatic carbocycles. The molecule has 18 rings (SSSR count). The number of benzene rings is 7. The molecule has 5 saturated heterocycles. The van der Waals surface area contributed by atoms with Gasteiger partial charge in [0.05, 0.1) is 116 Å². The largest absolute Gasteiger partial charge is 0.507 e. The molecular weight excluding hydrogens is 2290 g/mol. The zero-order valence-electron chi connectivity index (χ0n) is 85.1. The van der Waals surface area contributed by atoms with E-state index in [4.69, 9.17) is 63.7 Å². The summed E-state index contributed by atoms with van der Waals surface area (Å²) in [6.07, 6.45) is 11.3. The fraction of sp³-hybridized carbons (Fsp3) is 0.472. The number of likely N-dealkylation sites (tertiary alicyclic amines) is 5. The highest BCUT2D eigenvalue weighted by Crippen LogP contribution is 2.50. The lowest BCUT2D eigenvalue weighted by Crippen LogP contribution is -2.53. The first-order valence-corrected chi connectivity index (χ1v) is 55.4. The van der Waals surface area contributed by atoms with E-state index in [-0.39, 0.29) is 111 Å². The van der Waals surface area contributed by atoms with Gasteiger partial charge in [-0.05, 0) is 198 Å². The zero-order valence-corrected chi connectivity index (χ0v) is 95.5. The van der Waals surface area contributed by atoms with Gasteiger partial charge in [0.2, 0.25) is 0 Å². The number of aromatic amines is 2. The number of halogens is 6. The van der Waals surface area contributed by atoms with Gasteiger partial charge in [-0.15, -0.1) is 12.4 Å². The van der Waals surface area contributed by atoms with Gasteiger partial charge in [0, 0.05) is 217 Å². The van der Waals surface area contributed by atoms with Crippen molar-refractivity contribution in [1.82, 2.24) is 44.5 Å². The summed E-state index contributed by atoms with van der Waals surface area (Å²) in [6.45, 7) is 29.5. The van der Waals surface area contributed by atoms with Gasteiger partial charge in [0.15, 0.2) is 11.6 Å². The van der Waals surface area contributed by atoms with E-state index in [1.54, 1.807) is 74.9 Å². The molecule has 7 aromatic carbocycles. The number of carboxylic acid groups (broad SMARTS) is 1. The maximum Gasteiger partial charge on any atom is 0.409 e. The Hall–Kier alpha value is -10.2. The number of amides is 6. The van der Waals surface area contributed by atoms with E-state index < -0.39 is 39.1 Å². The summed E-state index contributed by atoms with van der Waals surface area (Å²) in [4.78, 5) is 132. The van der Waals surface area contributed by atoms with Crippen molar-refractivity contribution < 1.29 is 109 Å². The van der Waals surface area contributed by atoms with Crippen molar-refractivity contribution in [2.24, 2.45) is 10.9 Å². The number of nitrogens with one attached hydrogen (secondary N) is 4. The van der Waals surface area contributed by atoms with Gasteiger partial charge < -0.3 is 98.4 Å². The lowest BCUT2D eigenvalue weighted by Gasteiger charge is -2.47. The van der Waals surface area contributed by atoms with Gasteiger partial charge in [-0.25, -0.2) is 41.9 Å². The van der Waals surface area contributed by atoms with Crippen LogP contribution in [0.25, 0.3) is 21.8 Å². The minimum absolute atomic E-state index is 0. The summed E-state index contributed by atoms with van der Waals surface area (Å²) in [5, 5.41) is 28.2. The number of nitrogens with two attached hydrogens (primary N) is 2. The first-order valence-electron chi connectivity index (χ1n) is 49.1. The van der Waals surface area contributed by atoms with Crippen molar-refractivity contribution in [3.05, 3.63) is 213 Å². The normalized spacial score (nSPS) is 18.6. The topological polar surface area (TPSA) is 452 Å². The van der Waals surface area contributed by atoms with Crippen LogP contribution >= 0.6 is 92.1 Å². The Balaban J connectivity index is 0.000000180. The van der Waals surface area contributed by atoms with Crippen LogP contribution in [-0.2, 0) is 50.5 Å². The molecule has 9 aliphatic rings.